The van der Waals surface area contributed by atoms with Gasteiger partial charge in [-0.05, 0) is 35.4 Å². The molecule has 0 amide bonds. The van der Waals surface area contributed by atoms with Gasteiger partial charge in [0.05, 0.1) is 4.90 Å². The maximum absolute atomic E-state index is 13.0. The van der Waals surface area contributed by atoms with Crippen LogP contribution in [0.1, 0.15) is 16.7 Å². The maximum Gasteiger partial charge on any atom is 0.430 e. The first-order valence-electron chi connectivity index (χ1n) is 8.18. The number of alkyl halides is 6. The highest BCUT2D eigenvalue weighted by atomic mass is 32.2. The molecule has 2 aromatic carbocycles. The van der Waals surface area contributed by atoms with Crippen LogP contribution in [0.5, 0.6) is 0 Å². The Labute approximate surface area is 162 Å². The van der Waals surface area contributed by atoms with E-state index in [2.05, 4.69) is 0 Å². The fourth-order valence-electron chi connectivity index (χ4n) is 3.19. The first kappa shape index (κ1) is 21.4. The molecule has 0 spiro atoms. The van der Waals surface area contributed by atoms with E-state index in [-0.39, 0.29) is 11.4 Å². The Bertz CT molecular complexity index is 1020. The molecule has 0 fully saturated rings. The highest BCUT2D eigenvalue weighted by Crippen LogP contribution is 2.50. The number of anilines is 1. The zero-order valence-corrected chi connectivity index (χ0v) is 15.7. The molecular formula is C18H15F6NO3S. The van der Waals surface area contributed by atoms with Crippen molar-refractivity contribution < 1.29 is 39.9 Å². The van der Waals surface area contributed by atoms with Crippen LogP contribution in [0.3, 0.4) is 0 Å². The second-order valence-corrected chi connectivity index (χ2v) is 8.83. The van der Waals surface area contributed by atoms with Crippen molar-refractivity contribution in [3.63, 3.8) is 0 Å². The molecule has 3 rings (SSSR count). The van der Waals surface area contributed by atoms with Crippen molar-refractivity contribution >= 4 is 15.5 Å². The molecule has 29 heavy (non-hydrogen) atoms. The maximum atomic E-state index is 13.0. The third kappa shape index (κ3) is 3.68. The quantitative estimate of drug-likeness (QED) is 0.737. The normalized spacial score (nSPS) is 15.5. The van der Waals surface area contributed by atoms with E-state index in [1.54, 1.807) is 11.0 Å². The molecule has 0 aromatic heterocycles. The highest BCUT2D eigenvalue weighted by Gasteiger charge is 2.71. The Morgan fingerprint density at radius 3 is 1.86 bits per heavy atom. The van der Waals surface area contributed by atoms with Gasteiger partial charge in [-0.1, -0.05) is 18.2 Å². The number of aliphatic hydroxyl groups is 1. The Kier molecular flexibility index (Phi) is 4.90. The van der Waals surface area contributed by atoms with Crippen molar-refractivity contribution in [1.82, 2.24) is 0 Å². The molecule has 0 atom stereocenters. The molecule has 1 aliphatic heterocycles. The predicted octanol–water partition coefficient (Wildman–Crippen LogP) is 3.92. The fourth-order valence-corrected chi connectivity index (χ4v) is 3.86. The van der Waals surface area contributed by atoms with Gasteiger partial charge in [0.15, 0.2) is 9.84 Å². The van der Waals surface area contributed by atoms with E-state index in [9.17, 15) is 39.9 Å². The van der Waals surface area contributed by atoms with E-state index < -0.39 is 33.4 Å². The van der Waals surface area contributed by atoms with Gasteiger partial charge in [-0.25, -0.2) is 8.42 Å². The predicted molar refractivity (Wildman–Crippen MR) is 91.9 cm³/mol. The number of hydrogen-bond donors (Lipinski definition) is 1. The first-order valence-corrected chi connectivity index (χ1v) is 10.1. The molecular weight excluding hydrogens is 424 g/mol. The summed E-state index contributed by atoms with van der Waals surface area (Å²) in [5, 5.41) is 9.44. The van der Waals surface area contributed by atoms with Gasteiger partial charge in [-0.15, -0.1) is 0 Å². The lowest BCUT2D eigenvalue weighted by Gasteiger charge is -2.33. The fraction of sp³-hybridized carbons (Fsp3) is 0.333. The van der Waals surface area contributed by atoms with E-state index in [0.29, 0.717) is 29.9 Å². The van der Waals surface area contributed by atoms with E-state index in [4.69, 9.17) is 0 Å². The van der Waals surface area contributed by atoms with E-state index >= 15 is 0 Å². The molecule has 11 heteroatoms. The topological polar surface area (TPSA) is 57.6 Å². The van der Waals surface area contributed by atoms with Gasteiger partial charge >= 0.3 is 12.4 Å². The smallest absolute Gasteiger partial charge is 0.369 e. The summed E-state index contributed by atoms with van der Waals surface area (Å²) in [7, 11) is -3.42. The van der Waals surface area contributed by atoms with Crippen LogP contribution in [0.4, 0.5) is 32.0 Å². The molecule has 4 nitrogen and oxygen atoms in total. The summed E-state index contributed by atoms with van der Waals surface area (Å²) in [4.78, 5) is 1.79. The van der Waals surface area contributed by atoms with Gasteiger partial charge in [-0.3, -0.25) is 0 Å². The van der Waals surface area contributed by atoms with Gasteiger partial charge < -0.3 is 10.0 Å². The van der Waals surface area contributed by atoms with Crippen molar-refractivity contribution in [2.24, 2.45) is 0 Å². The third-order valence-electron chi connectivity index (χ3n) is 4.80. The van der Waals surface area contributed by atoms with Crippen LogP contribution in [0, 0.1) is 0 Å². The van der Waals surface area contributed by atoms with Crippen LogP contribution in [-0.4, -0.2) is 32.1 Å². The minimum absolute atomic E-state index is 0.119. The monoisotopic (exact) mass is 439 g/mol. The summed E-state index contributed by atoms with van der Waals surface area (Å²) >= 11 is 0. The molecule has 0 unspecified atom stereocenters. The van der Waals surface area contributed by atoms with Gasteiger partial charge in [0.1, 0.15) is 0 Å². The minimum Gasteiger partial charge on any atom is -0.369 e. The molecule has 0 saturated heterocycles. The van der Waals surface area contributed by atoms with E-state index in [0.717, 1.165) is 24.0 Å². The molecule has 158 valence electrons. The number of halogens is 6. The number of rotatable bonds is 3. The standard InChI is InChI=1S/C18H15F6NO3S/c1-29(27,28)15-7-2-11-9-25(10-12(11)8-15)14-5-3-13(4-6-14)16(26,17(19,20)21)18(22,23)24/h2-8,26H,9-10H2,1H3. The van der Waals surface area contributed by atoms with Crippen molar-refractivity contribution in [2.75, 3.05) is 11.2 Å². The lowest BCUT2D eigenvalue weighted by Crippen LogP contribution is -2.53. The molecule has 0 radical (unpaired) electrons. The van der Waals surface area contributed by atoms with Crippen LogP contribution in [0.2, 0.25) is 0 Å². The summed E-state index contributed by atoms with van der Waals surface area (Å²) < 4.78 is 101. The SMILES string of the molecule is CS(=O)(=O)c1ccc2c(c1)CN(c1ccc(C(O)(C(F)(F)F)C(F)(F)F)cc1)C2. The lowest BCUT2D eigenvalue weighted by atomic mass is 9.92. The number of benzene rings is 2. The summed E-state index contributed by atoms with van der Waals surface area (Å²) in [6.07, 6.45) is -10.8. The first-order chi connectivity index (χ1) is 13.1. The summed E-state index contributed by atoms with van der Waals surface area (Å²) in [5.41, 5.74) is -4.49. The molecule has 1 heterocycles. The summed E-state index contributed by atoms with van der Waals surface area (Å²) in [6, 6.07) is 7.83. The third-order valence-corrected chi connectivity index (χ3v) is 5.91. The Hall–Kier alpha value is -2.27. The van der Waals surface area contributed by atoms with Crippen LogP contribution < -0.4 is 4.90 Å². The van der Waals surface area contributed by atoms with Crippen molar-refractivity contribution in [2.45, 2.75) is 35.9 Å². The van der Waals surface area contributed by atoms with Crippen LogP contribution >= 0.6 is 0 Å². The number of fused-ring (bicyclic) bond motifs is 1. The zero-order chi connectivity index (χ0) is 21.8. The second kappa shape index (κ2) is 6.63. The van der Waals surface area contributed by atoms with E-state index in [1.807, 2.05) is 0 Å². The van der Waals surface area contributed by atoms with Crippen molar-refractivity contribution in [1.29, 1.82) is 0 Å². The average molecular weight is 439 g/mol. The Morgan fingerprint density at radius 1 is 0.862 bits per heavy atom. The number of nitrogens with zero attached hydrogens (tertiary/aromatic N) is 1. The molecule has 0 aliphatic carbocycles. The van der Waals surface area contributed by atoms with Crippen LogP contribution in [0.15, 0.2) is 47.4 Å². The molecule has 1 N–H and O–H groups in total. The van der Waals surface area contributed by atoms with Gasteiger partial charge in [0.25, 0.3) is 5.60 Å². The Balaban J connectivity index is 1.90. The van der Waals surface area contributed by atoms with Gasteiger partial charge in [0, 0.05) is 30.6 Å². The van der Waals surface area contributed by atoms with Crippen molar-refractivity contribution in [3.05, 3.63) is 59.2 Å². The van der Waals surface area contributed by atoms with E-state index in [1.165, 1.54) is 12.1 Å². The van der Waals surface area contributed by atoms with Gasteiger partial charge in [-0.2, -0.15) is 26.3 Å². The minimum atomic E-state index is -5.95. The Morgan fingerprint density at radius 2 is 1.38 bits per heavy atom. The van der Waals surface area contributed by atoms with Crippen LogP contribution in [0.25, 0.3) is 0 Å². The molecule has 0 saturated carbocycles. The molecule has 2 aromatic rings. The van der Waals surface area contributed by atoms with Gasteiger partial charge in [0.2, 0.25) is 0 Å². The van der Waals surface area contributed by atoms with Crippen LogP contribution in [-0.2, 0) is 28.5 Å². The van der Waals surface area contributed by atoms with Crippen molar-refractivity contribution in [3.8, 4) is 0 Å². The molecule has 0 bridgehead atoms. The molecule has 1 aliphatic rings. The summed E-state index contributed by atoms with van der Waals surface area (Å²) in [5.74, 6) is 0. The second-order valence-electron chi connectivity index (χ2n) is 6.81. The highest BCUT2D eigenvalue weighted by molar-refractivity contribution is 7.90. The lowest BCUT2D eigenvalue weighted by molar-refractivity contribution is -0.376. The number of hydrogen-bond acceptors (Lipinski definition) is 4. The number of sulfone groups is 1. The summed E-state index contributed by atoms with van der Waals surface area (Å²) in [6.45, 7) is 0.544. The largest absolute Gasteiger partial charge is 0.430 e. The average Bonchev–Trinajstić information content (AvgIpc) is 3.01. The zero-order valence-electron chi connectivity index (χ0n) is 14.8.